The van der Waals surface area contributed by atoms with Gasteiger partial charge in [0, 0.05) is 12.2 Å². The van der Waals surface area contributed by atoms with Gasteiger partial charge < -0.3 is 10.5 Å². The van der Waals surface area contributed by atoms with Gasteiger partial charge in [0.2, 0.25) is 0 Å². The van der Waals surface area contributed by atoms with E-state index in [9.17, 15) is 9.59 Å². The number of nitrogen functional groups attached to an aromatic ring is 1. The lowest BCUT2D eigenvalue weighted by atomic mass is 10.1. The molecule has 0 aromatic heterocycles. The molecule has 0 radical (unpaired) electrons. The molecule has 3 rings (SSSR count). The Labute approximate surface area is 128 Å². The molecule has 2 aromatic rings. The van der Waals surface area contributed by atoms with Crippen molar-refractivity contribution in [2.24, 2.45) is 0 Å². The molecule has 0 atom stereocenters. The number of nitrogens with two attached hydrogens (primary N) is 1. The molecular formula is C17H16N2O3. The fourth-order valence-corrected chi connectivity index (χ4v) is 2.44. The third-order valence-electron chi connectivity index (χ3n) is 3.53. The van der Waals surface area contributed by atoms with Crippen LogP contribution in [0.15, 0.2) is 48.5 Å². The summed E-state index contributed by atoms with van der Waals surface area (Å²) in [5.41, 5.74) is 6.95. The lowest BCUT2D eigenvalue weighted by molar-refractivity contribution is 0.0647. The molecule has 1 heterocycles. The Morgan fingerprint density at radius 2 is 1.68 bits per heavy atom. The van der Waals surface area contributed by atoms with Crippen LogP contribution >= 0.6 is 0 Å². The monoisotopic (exact) mass is 296 g/mol. The van der Waals surface area contributed by atoms with Crippen molar-refractivity contribution in [3.63, 3.8) is 0 Å². The number of hydrogen-bond donors (Lipinski definition) is 1. The van der Waals surface area contributed by atoms with Gasteiger partial charge in [-0.05, 0) is 36.8 Å². The Bertz CT molecular complexity index is 713. The Morgan fingerprint density at radius 1 is 0.955 bits per heavy atom. The van der Waals surface area contributed by atoms with Crippen LogP contribution in [0.4, 0.5) is 5.69 Å². The SMILES string of the molecule is Nc1ccc2c(c1)C(=O)N(CCCOc1ccccc1)C2=O. The molecule has 112 valence electrons. The predicted octanol–water partition coefficient (Wildman–Crippen LogP) is 2.33. The van der Waals surface area contributed by atoms with Crippen LogP contribution in [-0.4, -0.2) is 29.9 Å². The molecular weight excluding hydrogens is 280 g/mol. The highest BCUT2D eigenvalue weighted by Crippen LogP contribution is 2.24. The lowest BCUT2D eigenvalue weighted by Crippen LogP contribution is -2.31. The first-order valence-corrected chi connectivity index (χ1v) is 7.10. The van der Waals surface area contributed by atoms with Gasteiger partial charge in [-0.25, -0.2) is 0 Å². The Morgan fingerprint density at radius 3 is 2.45 bits per heavy atom. The van der Waals surface area contributed by atoms with Crippen LogP contribution in [0.2, 0.25) is 0 Å². The molecule has 5 nitrogen and oxygen atoms in total. The summed E-state index contributed by atoms with van der Waals surface area (Å²) in [6, 6.07) is 14.2. The third-order valence-corrected chi connectivity index (χ3v) is 3.53. The van der Waals surface area contributed by atoms with Gasteiger partial charge in [-0.1, -0.05) is 18.2 Å². The first kappa shape index (κ1) is 14.1. The van der Waals surface area contributed by atoms with Crippen molar-refractivity contribution in [3.8, 4) is 5.75 Å². The number of carbonyl (C=O) groups excluding carboxylic acids is 2. The molecule has 0 bridgehead atoms. The van der Waals surface area contributed by atoms with Crippen molar-refractivity contribution >= 4 is 17.5 Å². The maximum Gasteiger partial charge on any atom is 0.261 e. The predicted molar refractivity (Wildman–Crippen MR) is 82.8 cm³/mol. The number of nitrogens with zero attached hydrogens (tertiary/aromatic N) is 1. The van der Waals surface area contributed by atoms with Crippen molar-refractivity contribution in [2.45, 2.75) is 6.42 Å². The fraction of sp³-hybridized carbons (Fsp3) is 0.176. The summed E-state index contributed by atoms with van der Waals surface area (Å²) in [6.07, 6.45) is 0.579. The average molecular weight is 296 g/mol. The second-order valence-electron chi connectivity index (χ2n) is 5.08. The number of para-hydroxylation sites is 1. The molecule has 2 N–H and O–H groups in total. The molecule has 1 aliphatic heterocycles. The van der Waals surface area contributed by atoms with E-state index in [0.29, 0.717) is 36.4 Å². The van der Waals surface area contributed by atoms with E-state index in [4.69, 9.17) is 10.5 Å². The number of amides is 2. The zero-order valence-electron chi connectivity index (χ0n) is 12.0. The van der Waals surface area contributed by atoms with E-state index in [2.05, 4.69) is 0 Å². The van der Waals surface area contributed by atoms with Gasteiger partial charge in [-0.2, -0.15) is 0 Å². The molecule has 2 aromatic carbocycles. The smallest absolute Gasteiger partial charge is 0.261 e. The summed E-state index contributed by atoms with van der Waals surface area (Å²) in [4.78, 5) is 25.7. The maximum atomic E-state index is 12.2. The van der Waals surface area contributed by atoms with Crippen molar-refractivity contribution in [1.29, 1.82) is 0 Å². The average Bonchev–Trinajstić information content (AvgIpc) is 2.76. The molecule has 0 unspecified atom stereocenters. The van der Waals surface area contributed by atoms with E-state index in [1.54, 1.807) is 18.2 Å². The van der Waals surface area contributed by atoms with Crippen LogP contribution in [0.1, 0.15) is 27.1 Å². The van der Waals surface area contributed by atoms with Crippen LogP contribution in [0.3, 0.4) is 0 Å². The van der Waals surface area contributed by atoms with Crippen molar-refractivity contribution in [3.05, 3.63) is 59.7 Å². The minimum absolute atomic E-state index is 0.264. The molecule has 22 heavy (non-hydrogen) atoms. The molecule has 1 aliphatic rings. The molecule has 0 aliphatic carbocycles. The summed E-state index contributed by atoms with van der Waals surface area (Å²) < 4.78 is 5.56. The van der Waals surface area contributed by atoms with Crippen LogP contribution in [0.25, 0.3) is 0 Å². The Kier molecular flexibility index (Phi) is 3.78. The topological polar surface area (TPSA) is 72.6 Å². The van der Waals surface area contributed by atoms with Gasteiger partial charge >= 0.3 is 0 Å². The highest BCUT2D eigenvalue weighted by Gasteiger charge is 2.34. The quantitative estimate of drug-likeness (QED) is 0.522. The van der Waals surface area contributed by atoms with Gasteiger partial charge in [0.05, 0.1) is 17.7 Å². The minimum Gasteiger partial charge on any atom is -0.494 e. The van der Waals surface area contributed by atoms with Gasteiger partial charge in [0.25, 0.3) is 11.8 Å². The standard InChI is InChI=1S/C17H16N2O3/c18-12-7-8-14-15(11-12)17(21)19(16(14)20)9-4-10-22-13-5-2-1-3-6-13/h1-3,5-8,11H,4,9-10,18H2. The normalized spacial score (nSPS) is 13.4. The number of ether oxygens (including phenoxy) is 1. The largest absolute Gasteiger partial charge is 0.494 e. The molecule has 0 saturated heterocycles. The van der Waals surface area contributed by atoms with Crippen LogP contribution in [0.5, 0.6) is 5.75 Å². The van der Waals surface area contributed by atoms with Crippen LogP contribution in [0, 0.1) is 0 Å². The number of carbonyl (C=O) groups is 2. The first-order chi connectivity index (χ1) is 10.7. The summed E-state index contributed by atoms with van der Waals surface area (Å²) in [6.45, 7) is 0.776. The van der Waals surface area contributed by atoms with E-state index >= 15 is 0 Å². The van der Waals surface area contributed by atoms with Crippen LogP contribution < -0.4 is 10.5 Å². The molecule has 5 heteroatoms. The second kappa shape index (κ2) is 5.89. The fourth-order valence-electron chi connectivity index (χ4n) is 2.44. The summed E-state index contributed by atoms with van der Waals surface area (Å²) in [5.74, 6) is 0.226. The summed E-state index contributed by atoms with van der Waals surface area (Å²) in [5, 5.41) is 0. The van der Waals surface area contributed by atoms with Crippen LogP contribution in [-0.2, 0) is 0 Å². The first-order valence-electron chi connectivity index (χ1n) is 7.10. The van der Waals surface area contributed by atoms with E-state index in [1.807, 2.05) is 30.3 Å². The zero-order valence-corrected chi connectivity index (χ0v) is 12.0. The number of benzene rings is 2. The van der Waals surface area contributed by atoms with Crippen molar-refractivity contribution in [1.82, 2.24) is 4.90 Å². The van der Waals surface area contributed by atoms with E-state index in [1.165, 1.54) is 4.90 Å². The molecule has 0 spiro atoms. The van der Waals surface area contributed by atoms with Gasteiger partial charge in [0.15, 0.2) is 0 Å². The number of anilines is 1. The summed E-state index contributed by atoms with van der Waals surface area (Å²) >= 11 is 0. The number of fused-ring (bicyclic) bond motifs is 1. The van der Waals surface area contributed by atoms with Gasteiger partial charge in [-0.3, -0.25) is 14.5 Å². The summed E-state index contributed by atoms with van der Waals surface area (Å²) in [7, 11) is 0. The zero-order chi connectivity index (χ0) is 15.5. The lowest BCUT2D eigenvalue weighted by Gasteiger charge is -2.13. The molecule has 0 saturated carbocycles. The number of hydrogen-bond acceptors (Lipinski definition) is 4. The van der Waals surface area contributed by atoms with E-state index in [0.717, 1.165) is 5.75 Å². The number of rotatable bonds is 5. The molecule has 0 fully saturated rings. The van der Waals surface area contributed by atoms with Crippen molar-refractivity contribution < 1.29 is 14.3 Å². The molecule has 2 amide bonds. The van der Waals surface area contributed by atoms with E-state index in [-0.39, 0.29) is 11.8 Å². The Hall–Kier alpha value is -2.82. The van der Waals surface area contributed by atoms with E-state index < -0.39 is 0 Å². The Balaban J connectivity index is 1.58. The minimum atomic E-state index is -0.285. The third kappa shape index (κ3) is 2.65. The van der Waals surface area contributed by atoms with Crippen molar-refractivity contribution in [2.75, 3.05) is 18.9 Å². The highest BCUT2D eigenvalue weighted by atomic mass is 16.5. The van der Waals surface area contributed by atoms with Gasteiger partial charge in [-0.15, -0.1) is 0 Å². The maximum absolute atomic E-state index is 12.2. The number of imide groups is 1. The second-order valence-corrected chi connectivity index (χ2v) is 5.08. The highest BCUT2D eigenvalue weighted by molar-refractivity contribution is 6.21. The van der Waals surface area contributed by atoms with Gasteiger partial charge in [0.1, 0.15) is 5.75 Å².